The van der Waals surface area contributed by atoms with Crippen LogP contribution in [0.1, 0.15) is 13.8 Å². The van der Waals surface area contributed by atoms with Crippen LogP contribution in [0.2, 0.25) is 0 Å². The summed E-state index contributed by atoms with van der Waals surface area (Å²) in [6.45, 7) is 3.47. The van der Waals surface area contributed by atoms with Crippen molar-refractivity contribution in [2.45, 2.75) is 24.3 Å². The van der Waals surface area contributed by atoms with Gasteiger partial charge in [0.2, 0.25) is 15.9 Å². The maximum atomic E-state index is 11.7. The number of sulfonamides is 1. The summed E-state index contributed by atoms with van der Waals surface area (Å²) in [7, 11) is -3.76. The molecule has 1 aromatic rings. The monoisotopic (exact) mass is 255 g/mol. The summed E-state index contributed by atoms with van der Waals surface area (Å²) >= 11 is 0. The van der Waals surface area contributed by atoms with Crippen LogP contribution in [0.5, 0.6) is 0 Å². The first-order chi connectivity index (χ1) is 7.70. The average Bonchev–Trinajstić information content (AvgIpc) is 2.17. The van der Waals surface area contributed by atoms with E-state index in [1.54, 1.807) is 19.9 Å². The van der Waals surface area contributed by atoms with Crippen LogP contribution < -0.4 is 15.8 Å². The minimum absolute atomic E-state index is 0.0296. The van der Waals surface area contributed by atoms with Crippen molar-refractivity contribution >= 4 is 27.3 Å². The third-order valence-corrected chi connectivity index (χ3v) is 3.49. The highest BCUT2D eigenvalue weighted by atomic mass is 32.2. The quantitative estimate of drug-likeness (QED) is 0.679. The minimum atomic E-state index is -3.76. The number of amides is 1. The Morgan fingerprint density at radius 3 is 2.47 bits per heavy atom. The minimum Gasteiger partial charge on any atom is -0.370 e. The number of primary sulfonamides is 1. The number of nitrogens with two attached hydrogens (primary N) is 1. The zero-order valence-electron chi connectivity index (χ0n) is 9.44. The molecule has 0 spiro atoms. The van der Waals surface area contributed by atoms with Gasteiger partial charge in [-0.2, -0.15) is 0 Å². The third kappa shape index (κ3) is 2.11. The molecule has 1 amide bonds. The van der Waals surface area contributed by atoms with Crippen molar-refractivity contribution in [2.75, 3.05) is 10.6 Å². The second kappa shape index (κ2) is 3.44. The van der Waals surface area contributed by atoms with Gasteiger partial charge in [-0.1, -0.05) is 0 Å². The molecule has 17 heavy (non-hydrogen) atoms. The molecule has 1 aliphatic rings. The molecule has 1 aromatic carbocycles. The predicted molar refractivity (Wildman–Crippen MR) is 64.1 cm³/mol. The molecule has 0 saturated carbocycles. The van der Waals surface area contributed by atoms with Crippen molar-refractivity contribution in [3.8, 4) is 0 Å². The molecule has 92 valence electrons. The lowest BCUT2D eigenvalue weighted by Gasteiger charge is -2.32. The fraction of sp³-hybridized carbons (Fsp3) is 0.300. The van der Waals surface area contributed by atoms with Crippen molar-refractivity contribution in [1.82, 2.24) is 0 Å². The normalized spacial score (nSPS) is 17.9. The lowest BCUT2D eigenvalue weighted by atomic mass is 10.0. The van der Waals surface area contributed by atoms with Crippen molar-refractivity contribution in [3.05, 3.63) is 18.2 Å². The van der Waals surface area contributed by atoms with Crippen LogP contribution in [0, 0.1) is 0 Å². The molecule has 2 rings (SSSR count). The lowest BCUT2D eigenvalue weighted by Crippen LogP contribution is -2.47. The summed E-state index contributed by atoms with van der Waals surface area (Å²) in [5.74, 6) is -0.225. The average molecular weight is 255 g/mol. The van der Waals surface area contributed by atoms with Gasteiger partial charge < -0.3 is 10.6 Å². The summed E-state index contributed by atoms with van der Waals surface area (Å²) in [5.41, 5.74) is 0.360. The molecule has 6 nitrogen and oxygen atoms in total. The number of carbonyl (C=O) groups is 1. The Hall–Kier alpha value is -1.60. The smallest absolute Gasteiger partial charge is 0.249 e. The van der Waals surface area contributed by atoms with Crippen LogP contribution in [0.15, 0.2) is 23.1 Å². The first kappa shape index (κ1) is 11.9. The van der Waals surface area contributed by atoms with Gasteiger partial charge in [0, 0.05) is 0 Å². The number of rotatable bonds is 1. The van der Waals surface area contributed by atoms with E-state index in [0.717, 1.165) is 0 Å². The maximum Gasteiger partial charge on any atom is 0.249 e. The lowest BCUT2D eigenvalue weighted by molar-refractivity contribution is -0.119. The van der Waals surface area contributed by atoms with Crippen molar-refractivity contribution < 1.29 is 13.2 Å². The van der Waals surface area contributed by atoms with Crippen LogP contribution in [0.4, 0.5) is 11.4 Å². The Morgan fingerprint density at radius 2 is 1.88 bits per heavy atom. The van der Waals surface area contributed by atoms with Gasteiger partial charge in [-0.3, -0.25) is 4.79 Å². The second-order valence-electron chi connectivity index (χ2n) is 4.46. The maximum absolute atomic E-state index is 11.7. The van der Waals surface area contributed by atoms with Crippen molar-refractivity contribution in [2.24, 2.45) is 5.14 Å². The van der Waals surface area contributed by atoms with Gasteiger partial charge in [0.1, 0.15) is 5.54 Å². The van der Waals surface area contributed by atoms with Crippen LogP contribution in [0.25, 0.3) is 0 Å². The highest BCUT2D eigenvalue weighted by Gasteiger charge is 2.33. The van der Waals surface area contributed by atoms with Crippen LogP contribution in [-0.2, 0) is 14.8 Å². The fourth-order valence-electron chi connectivity index (χ4n) is 1.58. The summed E-state index contributed by atoms with van der Waals surface area (Å²) in [4.78, 5) is 11.7. The molecule has 0 saturated heterocycles. The SMILES string of the molecule is CC1(C)Nc2ccc(S(N)(=O)=O)cc2NC1=O. The summed E-state index contributed by atoms with van der Waals surface area (Å²) in [6, 6.07) is 4.32. The first-order valence-corrected chi connectivity index (χ1v) is 6.51. The highest BCUT2D eigenvalue weighted by molar-refractivity contribution is 7.89. The molecule has 0 unspecified atom stereocenters. The number of fused-ring (bicyclic) bond motifs is 1. The van der Waals surface area contributed by atoms with E-state index in [-0.39, 0.29) is 10.8 Å². The zero-order valence-corrected chi connectivity index (χ0v) is 10.3. The summed E-state index contributed by atoms with van der Waals surface area (Å²) in [6.07, 6.45) is 0. The molecule has 7 heteroatoms. The first-order valence-electron chi connectivity index (χ1n) is 4.97. The van der Waals surface area contributed by atoms with Crippen LogP contribution >= 0.6 is 0 Å². The predicted octanol–water partition coefficient (Wildman–Crippen LogP) is 0.477. The zero-order chi connectivity index (χ0) is 12.8. The molecule has 0 atom stereocenters. The van der Waals surface area contributed by atoms with E-state index < -0.39 is 15.6 Å². The van der Waals surface area contributed by atoms with E-state index in [0.29, 0.717) is 11.4 Å². The van der Waals surface area contributed by atoms with Gasteiger partial charge >= 0.3 is 0 Å². The highest BCUT2D eigenvalue weighted by Crippen LogP contribution is 2.32. The van der Waals surface area contributed by atoms with Crippen molar-refractivity contribution in [3.63, 3.8) is 0 Å². The Bertz CT molecular complexity index is 593. The topological polar surface area (TPSA) is 101 Å². The van der Waals surface area contributed by atoms with Crippen LogP contribution in [-0.4, -0.2) is 19.9 Å². The van der Waals surface area contributed by atoms with Gasteiger partial charge in [0.25, 0.3) is 0 Å². The number of hydrogen-bond donors (Lipinski definition) is 3. The molecule has 1 heterocycles. The van der Waals surface area contributed by atoms with Gasteiger partial charge in [-0.05, 0) is 32.0 Å². The molecule has 0 aromatic heterocycles. The van der Waals surface area contributed by atoms with Crippen LogP contribution in [0.3, 0.4) is 0 Å². The molecule has 0 bridgehead atoms. The number of nitrogens with one attached hydrogen (secondary N) is 2. The number of benzene rings is 1. The van der Waals surface area contributed by atoms with E-state index in [1.165, 1.54) is 12.1 Å². The molecular formula is C10H13N3O3S. The largest absolute Gasteiger partial charge is 0.370 e. The van der Waals surface area contributed by atoms with Gasteiger partial charge in [0.15, 0.2) is 0 Å². The molecular weight excluding hydrogens is 242 g/mol. The summed E-state index contributed by atoms with van der Waals surface area (Å²) in [5, 5.41) is 10.7. The number of carbonyl (C=O) groups excluding carboxylic acids is 1. The van der Waals surface area contributed by atoms with E-state index in [4.69, 9.17) is 5.14 Å². The van der Waals surface area contributed by atoms with E-state index in [2.05, 4.69) is 10.6 Å². The Kier molecular flexibility index (Phi) is 2.41. The Balaban J connectivity index is 2.50. The van der Waals surface area contributed by atoms with E-state index in [9.17, 15) is 13.2 Å². The summed E-state index contributed by atoms with van der Waals surface area (Å²) < 4.78 is 22.3. The second-order valence-corrected chi connectivity index (χ2v) is 6.02. The van der Waals surface area contributed by atoms with E-state index >= 15 is 0 Å². The van der Waals surface area contributed by atoms with Crippen molar-refractivity contribution in [1.29, 1.82) is 0 Å². The number of anilines is 2. The third-order valence-electron chi connectivity index (χ3n) is 2.58. The Labute approximate surface area is 99.2 Å². The standard InChI is InChI=1S/C10H13N3O3S/c1-10(2)9(14)12-8-5-6(17(11,15)16)3-4-7(8)13-10/h3-5,13H,1-2H3,(H,12,14)(H2,11,15,16). The molecule has 4 N–H and O–H groups in total. The fourth-order valence-corrected chi connectivity index (χ4v) is 2.12. The van der Waals surface area contributed by atoms with E-state index in [1.807, 2.05) is 0 Å². The Morgan fingerprint density at radius 1 is 1.24 bits per heavy atom. The van der Waals surface area contributed by atoms with Gasteiger partial charge in [-0.15, -0.1) is 0 Å². The molecule has 0 fully saturated rings. The number of hydrogen-bond acceptors (Lipinski definition) is 4. The van der Waals surface area contributed by atoms with Gasteiger partial charge in [0.05, 0.1) is 16.3 Å². The van der Waals surface area contributed by atoms with Gasteiger partial charge in [-0.25, -0.2) is 13.6 Å². The molecule has 0 aliphatic carbocycles. The molecule has 1 aliphatic heterocycles. The molecule has 0 radical (unpaired) electrons.